The van der Waals surface area contributed by atoms with Gasteiger partial charge in [0.25, 0.3) is 0 Å². The van der Waals surface area contributed by atoms with Crippen LogP contribution in [0.2, 0.25) is 0 Å². The number of carbonyl (C=O) groups excluding carboxylic acids is 1. The number of hydrogen-bond acceptors (Lipinski definition) is 2. The van der Waals surface area contributed by atoms with Crippen molar-refractivity contribution in [3.05, 3.63) is 34.3 Å². The Balaban J connectivity index is 0.00000242. The number of nitrogens with two attached hydrogens (primary N) is 1. The highest BCUT2D eigenvalue weighted by Gasteiger charge is 2.29. The molecule has 3 N–H and O–H groups in total. The number of amides is 1. The first-order chi connectivity index (χ1) is 9.85. The summed E-state index contributed by atoms with van der Waals surface area (Å²) < 4.78 is 1.07. The molecular weight excluding hydrogens is 364 g/mol. The molecule has 2 unspecified atom stereocenters. The summed E-state index contributed by atoms with van der Waals surface area (Å²) in [4.78, 5) is 12.4. The number of benzene rings is 1. The maximum absolute atomic E-state index is 12.4. The van der Waals surface area contributed by atoms with Gasteiger partial charge in [-0.1, -0.05) is 34.5 Å². The Bertz CT molecular complexity index is 490. The third-order valence-electron chi connectivity index (χ3n) is 4.11. The average Bonchev–Trinajstić information content (AvgIpc) is 2.40. The van der Waals surface area contributed by atoms with E-state index in [2.05, 4.69) is 47.2 Å². The lowest BCUT2D eigenvalue weighted by Crippen LogP contribution is -2.49. The van der Waals surface area contributed by atoms with Gasteiger partial charge in [-0.15, -0.1) is 12.4 Å². The van der Waals surface area contributed by atoms with Crippen LogP contribution in [0.15, 0.2) is 28.7 Å². The van der Waals surface area contributed by atoms with Crippen molar-refractivity contribution in [2.45, 2.75) is 57.5 Å². The van der Waals surface area contributed by atoms with Gasteiger partial charge < -0.3 is 11.1 Å². The molecule has 124 valence electrons. The van der Waals surface area contributed by atoms with E-state index in [1.165, 1.54) is 5.56 Å². The van der Waals surface area contributed by atoms with Crippen LogP contribution >= 0.6 is 28.3 Å². The molecule has 2 rings (SSSR count). The molecule has 0 radical (unpaired) electrons. The largest absolute Gasteiger partial charge is 0.351 e. The van der Waals surface area contributed by atoms with Gasteiger partial charge in [0.15, 0.2) is 0 Å². The Morgan fingerprint density at radius 3 is 2.55 bits per heavy atom. The molecule has 1 aliphatic rings. The third kappa shape index (κ3) is 5.90. The zero-order valence-electron chi connectivity index (χ0n) is 13.3. The highest BCUT2D eigenvalue weighted by Crippen LogP contribution is 2.24. The Kier molecular flexibility index (Phi) is 7.36. The van der Waals surface area contributed by atoms with Gasteiger partial charge in [0.05, 0.1) is 0 Å². The maximum Gasteiger partial charge on any atom is 0.223 e. The van der Waals surface area contributed by atoms with Crippen LogP contribution in [0.5, 0.6) is 0 Å². The number of hydrogen-bond donors (Lipinski definition) is 2. The van der Waals surface area contributed by atoms with Crippen molar-refractivity contribution < 1.29 is 4.79 Å². The fourth-order valence-corrected chi connectivity index (χ4v) is 3.32. The summed E-state index contributed by atoms with van der Waals surface area (Å²) in [6.45, 7) is 4.16. The van der Waals surface area contributed by atoms with Gasteiger partial charge in [-0.2, -0.15) is 0 Å². The van der Waals surface area contributed by atoms with Crippen molar-refractivity contribution in [2.75, 3.05) is 0 Å². The monoisotopic (exact) mass is 388 g/mol. The van der Waals surface area contributed by atoms with Gasteiger partial charge in [0, 0.05) is 22.0 Å². The Morgan fingerprint density at radius 2 is 1.95 bits per heavy atom. The number of nitrogens with one attached hydrogen (secondary N) is 1. The minimum atomic E-state index is -0.244. The minimum Gasteiger partial charge on any atom is -0.351 e. The van der Waals surface area contributed by atoms with E-state index >= 15 is 0 Å². The van der Waals surface area contributed by atoms with E-state index in [1.54, 1.807) is 0 Å². The van der Waals surface area contributed by atoms with Crippen molar-refractivity contribution >= 4 is 34.2 Å². The van der Waals surface area contributed by atoms with Gasteiger partial charge in [-0.05, 0) is 57.2 Å². The van der Waals surface area contributed by atoms with E-state index in [9.17, 15) is 4.79 Å². The standard InChI is InChI=1S/C17H25BrN2O.ClH/c1-17(2,11-12-6-8-14(18)9-7-12)20-16(21)13-4-3-5-15(19)10-13;/h6-9,13,15H,3-5,10-11,19H2,1-2H3,(H,20,21);1H. The molecule has 0 spiro atoms. The molecule has 3 nitrogen and oxygen atoms in total. The Hall–Kier alpha value is -0.580. The molecule has 1 fully saturated rings. The van der Waals surface area contributed by atoms with E-state index in [0.717, 1.165) is 36.6 Å². The molecule has 0 aliphatic heterocycles. The zero-order chi connectivity index (χ0) is 15.5. The SMILES string of the molecule is CC(C)(Cc1ccc(Br)cc1)NC(=O)C1CCCC(N)C1.Cl. The molecule has 1 amide bonds. The van der Waals surface area contributed by atoms with Gasteiger partial charge in [-0.25, -0.2) is 0 Å². The van der Waals surface area contributed by atoms with Crippen LogP contribution in [-0.2, 0) is 11.2 Å². The number of rotatable bonds is 4. The Labute approximate surface area is 148 Å². The van der Waals surface area contributed by atoms with E-state index in [-0.39, 0.29) is 35.8 Å². The molecule has 1 aromatic carbocycles. The Morgan fingerprint density at radius 1 is 1.32 bits per heavy atom. The van der Waals surface area contributed by atoms with Crippen molar-refractivity contribution in [3.63, 3.8) is 0 Å². The highest BCUT2D eigenvalue weighted by molar-refractivity contribution is 9.10. The summed E-state index contributed by atoms with van der Waals surface area (Å²) in [6, 6.07) is 8.44. The van der Waals surface area contributed by atoms with Gasteiger partial charge >= 0.3 is 0 Å². The van der Waals surface area contributed by atoms with Crippen LogP contribution in [0.3, 0.4) is 0 Å². The van der Waals surface area contributed by atoms with E-state index in [1.807, 2.05) is 12.1 Å². The predicted molar refractivity (Wildman–Crippen MR) is 97.2 cm³/mol. The fourth-order valence-electron chi connectivity index (χ4n) is 3.06. The van der Waals surface area contributed by atoms with Gasteiger partial charge in [0.2, 0.25) is 5.91 Å². The lowest BCUT2D eigenvalue weighted by atomic mass is 9.84. The molecule has 1 aliphatic carbocycles. The molecule has 0 bridgehead atoms. The molecule has 1 saturated carbocycles. The molecule has 2 atom stereocenters. The lowest BCUT2D eigenvalue weighted by Gasteiger charge is -2.31. The predicted octanol–water partition coefficient (Wildman–Crippen LogP) is 3.83. The van der Waals surface area contributed by atoms with Crippen LogP contribution in [-0.4, -0.2) is 17.5 Å². The van der Waals surface area contributed by atoms with Crippen LogP contribution < -0.4 is 11.1 Å². The number of halogens is 2. The molecule has 1 aromatic rings. The van der Waals surface area contributed by atoms with Gasteiger partial charge in [0.1, 0.15) is 0 Å². The first-order valence-corrected chi connectivity index (χ1v) is 8.47. The van der Waals surface area contributed by atoms with E-state index in [0.29, 0.717) is 0 Å². The zero-order valence-corrected chi connectivity index (χ0v) is 15.7. The van der Waals surface area contributed by atoms with Crippen molar-refractivity contribution in [1.29, 1.82) is 0 Å². The highest BCUT2D eigenvalue weighted by atomic mass is 79.9. The molecule has 0 heterocycles. The van der Waals surface area contributed by atoms with Crippen molar-refractivity contribution in [1.82, 2.24) is 5.32 Å². The second-order valence-corrected chi connectivity index (χ2v) is 7.72. The summed E-state index contributed by atoms with van der Waals surface area (Å²) in [5, 5.41) is 3.20. The topological polar surface area (TPSA) is 55.1 Å². The number of carbonyl (C=O) groups is 1. The minimum absolute atomic E-state index is 0. The quantitative estimate of drug-likeness (QED) is 0.822. The molecule has 5 heteroatoms. The lowest BCUT2D eigenvalue weighted by molar-refractivity contribution is -0.127. The molecule has 0 saturated heterocycles. The summed E-state index contributed by atoms with van der Waals surface area (Å²) in [5.41, 5.74) is 6.96. The smallest absolute Gasteiger partial charge is 0.223 e. The molecule has 22 heavy (non-hydrogen) atoms. The first-order valence-electron chi connectivity index (χ1n) is 7.68. The van der Waals surface area contributed by atoms with Crippen LogP contribution in [0, 0.1) is 5.92 Å². The van der Waals surface area contributed by atoms with Crippen LogP contribution in [0.1, 0.15) is 45.1 Å². The summed E-state index contributed by atoms with van der Waals surface area (Å²) in [7, 11) is 0. The summed E-state index contributed by atoms with van der Waals surface area (Å²) in [5.74, 6) is 0.241. The third-order valence-corrected chi connectivity index (χ3v) is 4.64. The second kappa shape index (κ2) is 8.32. The molecular formula is C17H26BrClN2O. The first kappa shape index (κ1) is 19.5. The summed E-state index contributed by atoms with van der Waals surface area (Å²) >= 11 is 3.44. The van der Waals surface area contributed by atoms with Crippen molar-refractivity contribution in [3.8, 4) is 0 Å². The van der Waals surface area contributed by atoms with E-state index in [4.69, 9.17) is 5.73 Å². The molecule has 0 aromatic heterocycles. The average molecular weight is 390 g/mol. The van der Waals surface area contributed by atoms with Crippen LogP contribution in [0.25, 0.3) is 0 Å². The van der Waals surface area contributed by atoms with Crippen molar-refractivity contribution in [2.24, 2.45) is 11.7 Å². The normalized spacial score (nSPS) is 21.8. The summed E-state index contributed by atoms with van der Waals surface area (Å²) in [6.07, 6.45) is 4.72. The van der Waals surface area contributed by atoms with Crippen LogP contribution in [0.4, 0.5) is 0 Å². The van der Waals surface area contributed by atoms with Gasteiger partial charge in [-0.3, -0.25) is 4.79 Å². The maximum atomic E-state index is 12.4. The van der Waals surface area contributed by atoms with E-state index < -0.39 is 0 Å². The fraction of sp³-hybridized carbons (Fsp3) is 0.588. The second-order valence-electron chi connectivity index (χ2n) is 6.80.